The van der Waals surface area contributed by atoms with Gasteiger partial charge < -0.3 is 18.9 Å². The van der Waals surface area contributed by atoms with E-state index in [0.29, 0.717) is 0 Å². The molecule has 4 nitrogen and oxygen atoms in total. The third-order valence-corrected chi connectivity index (χ3v) is 16.1. The van der Waals surface area contributed by atoms with Crippen molar-refractivity contribution >= 4 is 46.0 Å². The van der Waals surface area contributed by atoms with Crippen molar-refractivity contribution < 1.29 is 18.9 Å². The van der Waals surface area contributed by atoms with Gasteiger partial charge in [0.15, 0.2) is 0 Å². The van der Waals surface area contributed by atoms with E-state index >= 15 is 0 Å². The number of benzene rings is 4. The fraction of sp³-hybridized carbons (Fsp3) is 0.471. The van der Waals surface area contributed by atoms with Gasteiger partial charge in [-0.25, -0.2) is 0 Å². The molecule has 0 N–H and O–H groups in total. The van der Waals surface area contributed by atoms with Crippen molar-refractivity contribution in [2.75, 3.05) is 26.4 Å². The Kier molecular flexibility index (Phi) is 27.7. The first-order chi connectivity index (χ1) is 36.6. The molecule has 0 aliphatic rings. The van der Waals surface area contributed by atoms with Crippen LogP contribution in [0.4, 0.5) is 0 Å². The topological polar surface area (TPSA) is 36.9 Å². The predicted molar refractivity (Wildman–Crippen MR) is 323 cm³/mol. The quantitative estimate of drug-likeness (QED) is 0.0361. The van der Waals surface area contributed by atoms with E-state index in [-0.39, 0.29) is 0 Å². The molecule has 4 aromatic carbocycles. The van der Waals surface area contributed by atoms with Crippen LogP contribution in [0.15, 0.2) is 121 Å². The summed E-state index contributed by atoms with van der Waals surface area (Å²) in [4.78, 5) is 4.95. The Morgan fingerprint density at radius 2 is 0.514 bits per heavy atom. The van der Waals surface area contributed by atoms with Gasteiger partial charge in [0.2, 0.25) is 0 Å². The Morgan fingerprint density at radius 1 is 0.284 bits per heavy atom. The number of hydrogen-bond acceptors (Lipinski definition) is 6. The van der Waals surface area contributed by atoms with Crippen molar-refractivity contribution in [1.82, 2.24) is 0 Å². The number of hydrogen-bond donors (Lipinski definition) is 0. The van der Waals surface area contributed by atoms with Crippen LogP contribution in [0.2, 0.25) is 0 Å². The fourth-order valence-corrected chi connectivity index (χ4v) is 11.3. The standard InChI is InChI=1S/C68H90O4S2/c1-5-9-13-17-21-25-49-69-59-37-29-55(30-38-59)65(56-31-39-60(40-32-56)70-50-26-22-18-14-10-6-2)53-63-45-47-67(73-63)68-48-46-64(74-68)54-66(57-33-41-61(42-34-57)71-51-27-23-19-15-11-7-3)58-35-43-62(44-36-58)72-52-28-24-20-16-12-8-4/h29-48,53-54H,5-28,49-52H2,1-4H3. The molecule has 0 saturated carbocycles. The smallest absolute Gasteiger partial charge is 0.119 e. The van der Waals surface area contributed by atoms with Gasteiger partial charge in [0.1, 0.15) is 23.0 Å². The van der Waals surface area contributed by atoms with Crippen LogP contribution in [0.3, 0.4) is 0 Å². The normalized spacial score (nSPS) is 11.1. The molecule has 0 amide bonds. The van der Waals surface area contributed by atoms with Crippen LogP contribution in [0.25, 0.3) is 33.1 Å². The van der Waals surface area contributed by atoms with Crippen molar-refractivity contribution in [2.45, 2.75) is 182 Å². The molecule has 0 fully saturated rings. The van der Waals surface area contributed by atoms with E-state index in [0.717, 1.165) is 75.1 Å². The first-order valence-electron chi connectivity index (χ1n) is 29.1. The summed E-state index contributed by atoms with van der Waals surface area (Å²) < 4.78 is 24.8. The molecule has 0 atom stereocenters. The summed E-state index contributed by atoms with van der Waals surface area (Å²) >= 11 is 3.68. The Bertz CT molecular complexity index is 2140. The van der Waals surface area contributed by atoms with Gasteiger partial charge in [-0.15, -0.1) is 22.7 Å². The van der Waals surface area contributed by atoms with Crippen molar-refractivity contribution in [3.05, 3.63) is 153 Å². The van der Waals surface area contributed by atoms with E-state index in [1.807, 2.05) is 22.7 Å². The monoisotopic (exact) mass is 1030 g/mol. The Labute approximate surface area is 456 Å². The first-order valence-corrected chi connectivity index (χ1v) is 30.8. The Hall–Kier alpha value is -5.04. The van der Waals surface area contributed by atoms with Gasteiger partial charge in [0.25, 0.3) is 0 Å². The van der Waals surface area contributed by atoms with E-state index in [4.69, 9.17) is 18.9 Å². The lowest BCUT2D eigenvalue weighted by Crippen LogP contribution is -1.98. The minimum absolute atomic E-state index is 0.762. The molecule has 0 unspecified atom stereocenters. The van der Waals surface area contributed by atoms with E-state index in [1.54, 1.807) is 0 Å². The zero-order chi connectivity index (χ0) is 51.7. The van der Waals surface area contributed by atoms with Crippen molar-refractivity contribution in [3.63, 3.8) is 0 Å². The summed E-state index contributed by atoms with van der Waals surface area (Å²) in [5.41, 5.74) is 7.02. The number of thiophene rings is 2. The fourth-order valence-electron chi connectivity index (χ4n) is 9.29. The molecule has 0 aliphatic carbocycles. The van der Waals surface area contributed by atoms with Crippen molar-refractivity contribution in [3.8, 4) is 32.8 Å². The minimum Gasteiger partial charge on any atom is -0.494 e. The zero-order valence-corrected chi connectivity index (χ0v) is 47.6. The highest BCUT2D eigenvalue weighted by Crippen LogP contribution is 2.39. The van der Waals surface area contributed by atoms with Gasteiger partial charge in [0.05, 0.1) is 26.4 Å². The molecule has 398 valence electrons. The van der Waals surface area contributed by atoms with Crippen LogP contribution >= 0.6 is 22.7 Å². The second kappa shape index (κ2) is 35.3. The van der Waals surface area contributed by atoms with Crippen LogP contribution in [0, 0.1) is 0 Å². The molecule has 0 saturated heterocycles. The molecule has 0 radical (unpaired) electrons. The SMILES string of the molecule is CCCCCCCCOc1ccc(C(=Cc2ccc(-c3ccc(C=C(c4ccc(OCCCCCCCC)cc4)c4ccc(OCCCCCCCC)cc4)s3)s2)c2ccc(OCCCCCCCC)cc2)cc1. The molecule has 6 heteroatoms. The maximum atomic E-state index is 6.21. The largest absolute Gasteiger partial charge is 0.494 e. The average Bonchev–Trinajstić information content (AvgIpc) is 4.12. The molecular formula is C68H90O4S2. The summed E-state index contributed by atoms with van der Waals surface area (Å²) in [7, 11) is 0. The van der Waals surface area contributed by atoms with E-state index in [1.165, 1.54) is 181 Å². The number of rotatable bonds is 39. The van der Waals surface area contributed by atoms with E-state index in [9.17, 15) is 0 Å². The molecule has 2 aromatic heterocycles. The van der Waals surface area contributed by atoms with Gasteiger partial charge in [0, 0.05) is 19.5 Å². The molecule has 74 heavy (non-hydrogen) atoms. The van der Waals surface area contributed by atoms with Crippen molar-refractivity contribution in [2.24, 2.45) is 0 Å². The van der Waals surface area contributed by atoms with Gasteiger partial charge in [-0.1, -0.05) is 205 Å². The highest BCUT2D eigenvalue weighted by Gasteiger charge is 2.13. The summed E-state index contributed by atoms with van der Waals surface area (Å²) in [5.74, 6) is 3.72. The van der Waals surface area contributed by atoms with E-state index < -0.39 is 0 Å². The second-order valence-electron chi connectivity index (χ2n) is 20.1. The molecule has 2 heterocycles. The maximum absolute atomic E-state index is 6.21. The first kappa shape index (κ1) is 58.2. The highest BCUT2D eigenvalue weighted by molar-refractivity contribution is 7.23. The molecule has 6 aromatic rings. The third-order valence-electron chi connectivity index (χ3n) is 13.8. The summed E-state index contributed by atoms with van der Waals surface area (Å²) in [6.45, 7) is 12.1. The Balaban J connectivity index is 1.19. The van der Waals surface area contributed by atoms with Crippen molar-refractivity contribution in [1.29, 1.82) is 0 Å². The lowest BCUT2D eigenvalue weighted by Gasteiger charge is -2.12. The predicted octanol–water partition coefficient (Wildman–Crippen LogP) is 21.6. The molecular weight excluding hydrogens is 945 g/mol. The van der Waals surface area contributed by atoms with Crippen LogP contribution in [0.5, 0.6) is 23.0 Å². The summed E-state index contributed by atoms with van der Waals surface area (Å²) in [5, 5.41) is 0. The summed E-state index contributed by atoms with van der Waals surface area (Å²) in [6, 6.07) is 43.8. The molecule has 0 bridgehead atoms. The second-order valence-corrected chi connectivity index (χ2v) is 22.3. The van der Waals surface area contributed by atoms with E-state index in [2.05, 4.69) is 161 Å². The van der Waals surface area contributed by atoms with Gasteiger partial charge in [-0.05, 0) is 144 Å². The molecule has 0 aliphatic heterocycles. The van der Waals surface area contributed by atoms with Gasteiger partial charge in [-0.3, -0.25) is 0 Å². The maximum Gasteiger partial charge on any atom is 0.119 e. The molecule has 0 spiro atoms. The third kappa shape index (κ3) is 21.3. The van der Waals surface area contributed by atoms with Crippen LogP contribution in [-0.2, 0) is 0 Å². The Morgan fingerprint density at radius 3 is 0.757 bits per heavy atom. The number of ether oxygens (including phenoxy) is 4. The highest BCUT2D eigenvalue weighted by atomic mass is 32.1. The lowest BCUT2D eigenvalue weighted by atomic mass is 9.97. The van der Waals surface area contributed by atoms with Crippen LogP contribution < -0.4 is 18.9 Å². The minimum atomic E-state index is 0.762. The summed E-state index contributed by atoms with van der Waals surface area (Å²) in [6.07, 6.45) is 34.8. The van der Waals surface area contributed by atoms with Gasteiger partial charge >= 0.3 is 0 Å². The van der Waals surface area contributed by atoms with Gasteiger partial charge in [-0.2, -0.15) is 0 Å². The zero-order valence-electron chi connectivity index (χ0n) is 46.0. The average molecular weight is 1040 g/mol. The van der Waals surface area contributed by atoms with Crippen LogP contribution in [-0.4, -0.2) is 26.4 Å². The van der Waals surface area contributed by atoms with Crippen LogP contribution in [0.1, 0.15) is 214 Å². The number of unbranched alkanes of at least 4 members (excludes halogenated alkanes) is 20. The lowest BCUT2D eigenvalue weighted by molar-refractivity contribution is 0.304. The molecule has 6 rings (SSSR count).